The second-order valence-corrected chi connectivity index (χ2v) is 6.03. The lowest BCUT2D eigenvalue weighted by Gasteiger charge is -2.24. The van der Waals surface area contributed by atoms with Crippen LogP contribution in [0.1, 0.15) is 11.3 Å². The highest BCUT2D eigenvalue weighted by atomic mass is 16.2. The molecule has 2 aliphatic rings. The molecular formula is C17H15N5O. The van der Waals surface area contributed by atoms with Crippen molar-refractivity contribution in [1.29, 1.82) is 5.26 Å². The highest BCUT2D eigenvalue weighted by Crippen LogP contribution is 2.47. The van der Waals surface area contributed by atoms with Gasteiger partial charge in [-0.05, 0) is 24.6 Å². The van der Waals surface area contributed by atoms with E-state index in [-0.39, 0.29) is 5.91 Å². The summed E-state index contributed by atoms with van der Waals surface area (Å²) in [6, 6.07) is 11.7. The van der Waals surface area contributed by atoms with Crippen molar-refractivity contribution in [1.82, 2.24) is 9.97 Å². The molecule has 0 radical (unpaired) electrons. The van der Waals surface area contributed by atoms with Gasteiger partial charge in [0.2, 0.25) is 11.9 Å². The number of aryl methyl sites for hydroxylation is 1. The lowest BCUT2D eigenvalue weighted by atomic mass is 9.74. The van der Waals surface area contributed by atoms with E-state index in [9.17, 15) is 10.1 Å². The molecule has 6 heteroatoms. The number of para-hydroxylation sites is 1. The smallest absolute Gasteiger partial charge is 0.238 e. The fraction of sp³-hybridized carbons (Fsp3) is 0.294. The molecule has 0 bridgehead atoms. The van der Waals surface area contributed by atoms with E-state index >= 15 is 0 Å². The zero-order valence-corrected chi connectivity index (χ0v) is 12.7. The summed E-state index contributed by atoms with van der Waals surface area (Å²) in [5, 5.41) is 12.6. The van der Waals surface area contributed by atoms with E-state index in [0.717, 1.165) is 16.9 Å². The van der Waals surface area contributed by atoms with Gasteiger partial charge in [0.25, 0.3) is 0 Å². The summed E-state index contributed by atoms with van der Waals surface area (Å²) in [6.07, 6.45) is 1.70. The first-order valence-corrected chi connectivity index (χ1v) is 7.50. The second-order valence-electron chi connectivity index (χ2n) is 6.03. The van der Waals surface area contributed by atoms with Gasteiger partial charge >= 0.3 is 0 Å². The Kier molecular flexibility index (Phi) is 2.85. The summed E-state index contributed by atoms with van der Waals surface area (Å²) in [7, 11) is 0. The van der Waals surface area contributed by atoms with Crippen molar-refractivity contribution in [3.05, 3.63) is 47.8 Å². The molecule has 2 aromatic rings. The molecule has 1 aromatic carbocycles. The van der Waals surface area contributed by atoms with E-state index in [1.165, 1.54) is 0 Å². The Bertz CT molecular complexity index is 843. The normalized spacial score (nSPS) is 25.3. The summed E-state index contributed by atoms with van der Waals surface area (Å²) in [5.41, 5.74) is 1.70. The Hall–Kier alpha value is -2.94. The topological polar surface area (TPSA) is 81.9 Å². The average Bonchev–Trinajstić information content (AvgIpc) is 3.08. The van der Waals surface area contributed by atoms with Crippen molar-refractivity contribution in [2.75, 3.05) is 23.3 Å². The zero-order valence-electron chi connectivity index (χ0n) is 12.7. The molecule has 4 rings (SSSR count). The van der Waals surface area contributed by atoms with Crippen molar-refractivity contribution in [3.8, 4) is 6.07 Å². The highest BCUT2D eigenvalue weighted by molar-refractivity contribution is 6.07. The summed E-state index contributed by atoms with van der Waals surface area (Å²) in [4.78, 5) is 23.4. The molecule has 3 heterocycles. The van der Waals surface area contributed by atoms with E-state index in [1.807, 2.05) is 42.2 Å². The molecule has 1 fully saturated rings. The zero-order chi connectivity index (χ0) is 16.0. The Balaban J connectivity index is 1.81. The number of benzene rings is 1. The van der Waals surface area contributed by atoms with Gasteiger partial charge in [-0.3, -0.25) is 4.79 Å². The maximum absolute atomic E-state index is 12.7. The molecule has 1 aromatic heterocycles. The molecule has 23 heavy (non-hydrogen) atoms. The number of fused-ring (bicyclic) bond motifs is 2. The minimum Gasteiger partial charge on any atom is -0.338 e. The van der Waals surface area contributed by atoms with E-state index in [2.05, 4.69) is 21.4 Å². The molecular weight excluding hydrogens is 290 g/mol. The number of hydrogen-bond acceptors (Lipinski definition) is 5. The Morgan fingerprint density at radius 3 is 3.00 bits per heavy atom. The fourth-order valence-corrected chi connectivity index (χ4v) is 3.58. The molecule has 114 valence electrons. The van der Waals surface area contributed by atoms with Crippen LogP contribution < -0.4 is 10.2 Å². The summed E-state index contributed by atoms with van der Waals surface area (Å²) >= 11 is 0. The highest BCUT2D eigenvalue weighted by Gasteiger charge is 2.58. The molecule has 0 unspecified atom stereocenters. The van der Waals surface area contributed by atoms with Crippen molar-refractivity contribution < 1.29 is 4.79 Å². The third-order valence-electron chi connectivity index (χ3n) is 4.72. The van der Waals surface area contributed by atoms with Crippen LogP contribution in [0.3, 0.4) is 0 Å². The molecule has 0 aliphatic carbocycles. The van der Waals surface area contributed by atoms with Crippen molar-refractivity contribution in [2.45, 2.75) is 12.3 Å². The molecule has 2 atom stereocenters. The van der Waals surface area contributed by atoms with Crippen molar-refractivity contribution in [3.63, 3.8) is 0 Å². The average molecular weight is 305 g/mol. The summed E-state index contributed by atoms with van der Waals surface area (Å²) < 4.78 is 0. The molecule has 1 amide bonds. The van der Waals surface area contributed by atoms with Crippen LogP contribution in [0.2, 0.25) is 0 Å². The first kappa shape index (κ1) is 13.7. The lowest BCUT2D eigenvalue weighted by Crippen LogP contribution is -2.42. The third kappa shape index (κ3) is 1.83. The van der Waals surface area contributed by atoms with Crippen LogP contribution in [-0.2, 0) is 10.2 Å². The lowest BCUT2D eigenvalue weighted by molar-refractivity contribution is -0.120. The predicted octanol–water partition coefficient (Wildman–Crippen LogP) is 1.63. The molecule has 2 aliphatic heterocycles. The number of carbonyl (C=O) groups excluding carboxylic acids is 1. The number of nitrogens with one attached hydrogen (secondary N) is 1. The van der Waals surface area contributed by atoms with Gasteiger partial charge in [0.15, 0.2) is 0 Å². The Morgan fingerprint density at radius 1 is 1.39 bits per heavy atom. The van der Waals surface area contributed by atoms with Gasteiger partial charge in [-0.25, -0.2) is 9.97 Å². The standard InChI is InChI=1S/C17H15N5O/c1-11-6-7-19-16(20-11)22-9-12(8-18)17(10-22)13-4-2-3-5-14(13)21-15(17)23/h2-7,12H,9-10H2,1H3,(H,21,23)/t12-,17-/m1/s1. The van der Waals surface area contributed by atoms with Crippen LogP contribution in [0.15, 0.2) is 36.5 Å². The molecule has 6 nitrogen and oxygen atoms in total. The second kappa shape index (κ2) is 4.78. The summed E-state index contributed by atoms with van der Waals surface area (Å²) in [5.74, 6) is 0.0231. The molecule has 1 saturated heterocycles. The molecule has 0 saturated carbocycles. The SMILES string of the molecule is Cc1ccnc(N2C[C@@H](C#N)[C@@]3(C2)C(=O)Nc2ccccc23)n1. The van der Waals surface area contributed by atoms with E-state index < -0.39 is 11.3 Å². The Labute approximate surface area is 133 Å². The summed E-state index contributed by atoms with van der Waals surface area (Å²) in [6.45, 7) is 2.76. The molecule has 1 spiro atoms. The Morgan fingerprint density at radius 2 is 2.22 bits per heavy atom. The number of nitrogens with zero attached hydrogens (tertiary/aromatic N) is 4. The monoisotopic (exact) mass is 305 g/mol. The number of anilines is 2. The van der Waals surface area contributed by atoms with Crippen LogP contribution in [0.4, 0.5) is 11.6 Å². The fourth-order valence-electron chi connectivity index (χ4n) is 3.58. The van der Waals surface area contributed by atoms with Gasteiger partial charge in [0.05, 0.1) is 12.0 Å². The van der Waals surface area contributed by atoms with E-state index in [1.54, 1.807) is 6.20 Å². The van der Waals surface area contributed by atoms with Gasteiger partial charge in [0, 0.05) is 30.7 Å². The first-order valence-electron chi connectivity index (χ1n) is 7.50. The van der Waals surface area contributed by atoms with Gasteiger partial charge in [0.1, 0.15) is 5.41 Å². The van der Waals surface area contributed by atoms with Gasteiger partial charge < -0.3 is 10.2 Å². The van der Waals surface area contributed by atoms with Crippen LogP contribution in [0.25, 0.3) is 0 Å². The van der Waals surface area contributed by atoms with Crippen LogP contribution in [0.5, 0.6) is 0 Å². The van der Waals surface area contributed by atoms with Gasteiger partial charge in [-0.2, -0.15) is 5.26 Å². The van der Waals surface area contributed by atoms with E-state index in [0.29, 0.717) is 19.0 Å². The maximum Gasteiger partial charge on any atom is 0.238 e. The first-order chi connectivity index (χ1) is 11.1. The number of hydrogen-bond donors (Lipinski definition) is 1. The predicted molar refractivity (Wildman–Crippen MR) is 84.8 cm³/mol. The minimum absolute atomic E-state index is 0.111. The number of nitriles is 1. The number of rotatable bonds is 1. The van der Waals surface area contributed by atoms with E-state index in [4.69, 9.17) is 0 Å². The third-order valence-corrected chi connectivity index (χ3v) is 4.72. The molecule has 1 N–H and O–H groups in total. The number of amides is 1. The quantitative estimate of drug-likeness (QED) is 0.866. The van der Waals surface area contributed by atoms with Gasteiger partial charge in [-0.15, -0.1) is 0 Å². The van der Waals surface area contributed by atoms with Crippen LogP contribution >= 0.6 is 0 Å². The van der Waals surface area contributed by atoms with Crippen LogP contribution in [0, 0.1) is 24.2 Å². The van der Waals surface area contributed by atoms with Gasteiger partial charge in [-0.1, -0.05) is 18.2 Å². The van der Waals surface area contributed by atoms with Crippen molar-refractivity contribution in [2.24, 2.45) is 5.92 Å². The van der Waals surface area contributed by atoms with Crippen molar-refractivity contribution >= 4 is 17.5 Å². The largest absolute Gasteiger partial charge is 0.338 e. The number of carbonyl (C=O) groups is 1. The maximum atomic E-state index is 12.7. The minimum atomic E-state index is -0.849. The number of aromatic nitrogens is 2. The van der Waals surface area contributed by atoms with Crippen LogP contribution in [-0.4, -0.2) is 29.0 Å².